The van der Waals surface area contributed by atoms with Crippen LogP contribution >= 0.6 is 11.8 Å². The average molecular weight is 311 g/mol. The average Bonchev–Trinajstić information content (AvgIpc) is 2.90. The molecule has 3 rings (SSSR count). The Hall–Kier alpha value is -2.20. The number of aromatic amines is 1. The first-order chi connectivity index (χ1) is 10.8. The zero-order valence-electron chi connectivity index (χ0n) is 12.3. The van der Waals surface area contributed by atoms with Gasteiger partial charge in [-0.15, -0.1) is 0 Å². The monoisotopic (exact) mass is 311 g/mol. The first-order valence-corrected chi connectivity index (χ1v) is 7.99. The standard InChI is InChI=1S/C18H17NO2S/c1-21-17(20)12-11-15-14-9-5-6-10-16(14)19-18(15)22-13-7-3-2-4-8-13/h2-10,19H,11-12H2,1H3. The number of carbonyl (C=O) groups is 1. The minimum Gasteiger partial charge on any atom is -0.469 e. The highest BCUT2D eigenvalue weighted by molar-refractivity contribution is 7.99. The topological polar surface area (TPSA) is 42.1 Å². The van der Waals surface area contributed by atoms with Crippen LogP contribution < -0.4 is 0 Å². The Balaban J connectivity index is 1.95. The van der Waals surface area contributed by atoms with Gasteiger partial charge in [0.2, 0.25) is 0 Å². The van der Waals surface area contributed by atoms with E-state index in [0.29, 0.717) is 12.8 Å². The van der Waals surface area contributed by atoms with E-state index in [-0.39, 0.29) is 5.97 Å². The summed E-state index contributed by atoms with van der Waals surface area (Å²) >= 11 is 1.69. The van der Waals surface area contributed by atoms with Gasteiger partial charge >= 0.3 is 5.97 Å². The molecule has 112 valence electrons. The Kier molecular flexibility index (Phi) is 4.49. The van der Waals surface area contributed by atoms with Crippen LogP contribution in [0.4, 0.5) is 0 Å². The largest absolute Gasteiger partial charge is 0.469 e. The van der Waals surface area contributed by atoms with Crippen LogP contribution in [0.1, 0.15) is 12.0 Å². The number of fused-ring (bicyclic) bond motifs is 1. The van der Waals surface area contributed by atoms with E-state index in [4.69, 9.17) is 4.74 Å². The summed E-state index contributed by atoms with van der Waals surface area (Å²) in [6.45, 7) is 0. The van der Waals surface area contributed by atoms with Gasteiger partial charge in [0.15, 0.2) is 0 Å². The maximum atomic E-state index is 11.5. The Labute approximate surface area is 133 Å². The number of aryl methyl sites for hydroxylation is 1. The molecular weight excluding hydrogens is 294 g/mol. The zero-order valence-corrected chi connectivity index (χ0v) is 13.2. The molecular formula is C18H17NO2S. The maximum absolute atomic E-state index is 11.5. The molecule has 0 atom stereocenters. The number of rotatable bonds is 5. The number of benzene rings is 2. The zero-order chi connectivity index (χ0) is 15.4. The van der Waals surface area contributed by atoms with E-state index in [2.05, 4.69) is 29.2 Å². The van der Waals surface area contributed by atoms with Gasteiger partial charge < -0.3 is 9.72 Å². The molecule has 0 saturated heterocycles. The smallest absolute Gasteiger partial charge is 0.305 e. The highest BCUT2D eigenvalue weighted by atomic mass is 32.2. The van der Waals surface area contributed by atoms with Crippen molar-refractivity contribution in [2.45, 2.75) is 22.8 Å². The lowest BCUT2D eigenvalue weighted by Gasteiger charge is -2.04. The van der Waals surface area contributed by atoms with Crippen molar-refractivity contribution in [3.63, 3.8) is 0 Å². The summed E-state index contributed by atoms with van der Waals surface area (Å²) in [6, 6.07) is 18.4. The number of methoxy groups -OCH3 is 1. The van der Waals surface area contributed by atoms with Gasteiger partial charge in [-0.3, -0.25) is 4.79 Å². The van der Waals surface area contributed by atoms with Gasteiger partial charge in [-0.25, -0.2) is 0 Å². The van der Waals surface area contributed by atoms with Gasteiger partial charge in [0, 0.05) is 22.2 Å². The van der Waals surface area contributed by atoms with Gasteiger partial charge in [-0.2, -0.15) is 0 Å². The number of H-pyrrole nitrogens is 1. The predicted molar refractivity (Wildman–Crippen MR) is 89.2 cm³/mol. The number of para-hydroxylation sites is 1. The second-order valence-electron chi connectivity index (χ2n) is 4.97. The summed E-state index contributed by atoms with van der Waals surface area (Å²) in [6.07, 6.45) is 1.06. The molecule has 1 heterocycles. The summed E-state index contributed by atoms with van der Waals surface area (Å²) in [7, 11) is 1.43. The summed E-state index contributed by atoms with van der Waals surface area (Å²) < 4.78 is 4.76. The van der Waals surface area contributed by atoms with Crippen molar-refractivity contribution >= 4 is 28.6 Å². The number of hydrogen-bond donors (Lipinski definition) is 1. The first kappa shape index (κ1) is 14.7. The van der Waals surface area contributed by atoms with Crippen molar-refractivity contribution in [3.8, 4) is 0 Å². The fourth-order valence-corrected chi connectivity index (χ4v) is 3.47. The van der Waals surface area contributed by atoms with Crippen molar-refractivity contribution in [1.29, 1.82) is 0 Å². The third kappa shape index (κ3) is 3.17. The Morgan fingerprint density at radius 1 is 1.09 bits per heavy atom. The molecule has 0 aliphatic rings. The minimum atomic E-state index is -0.180. The van der Waals surface area contributed by atoms with Gasteiger partial charge in [0.25, 0.3) is 0 Å². The highest BCUT2D eigenvalue weighted by Gasteiger charge is 2.14. The Morgan fingerprint density at radius 3 is 2.59 bits per heavy atom. The number of aromatic nitrogens is 1. The number of carbonyl (C=O) groups excluding carboxylic acids is 1. The van der Waals surface area contributed by atoms with E-state index in [9.17, 15) is 4.79 Å². The Bertz CT molecular complexity index is 780. The quantitative estimate of drug-likeness (QED) is 0.709. The van der Waals surface area contributed by atoms with E-state index in [1.54, 1.807) is 11.8 Å². The summed E-state index contributed by atoms with van der Waals surface area (Å²) in [5.74, 6) is -0.180. The highest BCUT2D eigenvalue weighted by Crippen LogP contribution is 2.35. The van der Waals surface area contributed by atoms with Crippen molar-refractivity contribution in [1.82, 2.24) is 4.98 Å². The lowest BCUT2D eigenvalue weighted by atomic mass is 10.1. The number of hydrogen-bond acceptors (Lipinski definition) is 3. The molecule has 0 bridgehead atoms. The third-order valence-corrected chi connectivity index (χ3v) is 4.60. The normalized spacial score (nSPS) is 10.8. The molecule has 1 aromatic heterocycles. The summed E-state index contributed by atoms with van der Waals surface area (Å²) in [5, 5.41) is 2.26. The van der Waals surface area contributed by atoms with Crippen LogP contribution in [0.2, 0.25) is 0 Å². The van der Waals surface area contributed by atoms with Crippen LogP contribution in [0.25, 0.3) is 10.9 Å². The summed E-state index contributed by atoms with van der Waals surface area (Å²) in [4.78, 5) is 16.1. The molecule has 2 aromatic carbocycles. The van der Waals surface area contributed by atoms with Crippen LogP contribution in [0.3, 0.4) is 0 Å². The molecule has 3 nitrogen and oxygen atoms in total. The molecule has 4 heteroatoms. The van der Waals surface area contributed by atoms with E-state index in [1.807, 2.05) is 30.3 Å². The van der Waals surface area contributed by atoms with Crippen LogP contribution in [0.15, 0.2) is 64.5 Å². The number of esters is 1. The SMILES string of the molecule is COC(=O)CCc1c(Sc2ccccc2)[nH]c2ccccc12. The van der Waals surface area contributed by atoms with Crippen LogP contribution in [-0.4, -0.2) is 18.1 Å². The summed E-state index contributed by atoms with van der Waals surface area (Å²) in [5.41, 5.74) is 2.27. The molecule has 0 aliphatic heterocycles. The van der Waals surface area contributed by atoms with Crippen LogP contribution in [-0.2, 0) is 16.0 Å². The van der Waals surface area contributed by atoms with Crippen molar-refractivity contribution in [2.24, 2.45) is 0 Å². The lowest BCUT2D eigenvalue weighted by molar-refractivity contribution is -0.140. The molecule has 0 aliphatic carbocycles. The second-order valence-corrected chi connectivity index (χ2v) is 6.05. The van der Waals surface area contributed by atoms with Crippen molar-refractivity contribution in [3.05, 3.63) is 60.2 Å². The van der Waals surface area contributed by atoms with E-state index in [0.717, 1.165) is 10.5 Å². The molecule has 0 spiro atoms. The molecule has 3 aromatic rings. The molecule has 0 unspecified atom stereocenters. The number of ether oxygens (including phenoxy) is 1. The minimum absolute atomic E-state index is 0.180. The Morgan fingerprint density at radius 2 is 1.82 bits per heavy atom. The maximum Gasteiger partial charge on any atom is 0.305 e. The molecule has 0 amide bonds. The van der Waals surface area contributed by atoms with Crippen LogP contribution in [0.5, 0.6) is 0 Å². The van der Waals surface area contributed by atoms with Gasteiger partial charge in [0.05, 0.1) is 12.1 Å². The second kappa shape index (κ2) is 6.71. The molecule has 0 fully saturated rings. The van der Waals surface area contributed by atoms with Gasteiger partial charge in [0.1, 0.15) is 0 Å². The fourth-order valence-electron chi connectivity index (χ4n) is 2.45. The molecule has 22 heavy (non-hydrogen) atoms. The first-order valence-electron chi connectivity index (χ1n) is 7.17. The van der Waals surface area contributed by atoms with Gasteiger partial charge in [-0.1, -0.05) is 48.2 Å². The molecule has 1 N–H and O–H groups in total. The lowest BCUT2D eigenvalue weighted by Crippen LogP contribution is -2.02. The van der Waals surface area contributed by atoms with E-state index < -0.39 is 0 Å². The molecule has 0 radical (unpaired) electrons. The van der Waals surface area contributed by atoms with Crippen molar-refractivity contribution in [2.75, 3.05) is 7.11 Å². The van der Waals surface area contributed by atoms with Crippen LogP contribution in [0, 0.1) is 0 Å². The van der Waals surface area contributed by atoms with Gasteiger partial charge in [-0.05, 0) is 30.2 Å². The third-order valence-electron chi connectivity index (χ3n) is 3.54. The van der Waals surface area contributed by atoms with E-state index >= 15 is 0 Å². The molecule has 0 saturated carbocycles. The predicted octanol–water partition coefficient (Wildman–Crippen LogP) is 4.42. The van der Waals surface area contributed by atoms with E-state index in [1.165, 1.54) is 23.0 Å². The van der Waals surface area contributed by atoms with Crippen molar-refractivity contribution < 1.29 is 9.53 Å². The fraction of sp³-hybridized carbons (Fsp3) is 0.167. The number of nitrogens with one attached hydrogen (secondary N) is 1.